The fourth-order valence-electron chi connectivity index (χ4n) is 3.15. The second kappa shape index (κ2) is 9.95. The Kier molecular flexibility index (Phi) is 7.44. The van der Waals surface area contributed by atoms with Crippen LogP contribution in [0.15, 0.2) is 53.6 Å². The van der Waals surface area contributed by atoms with Crippen LogP contribution in [0.4, 0.5) is 23.1 Å². The van der Waals surface area contributed by atoms with Gasteiger partial charge in [-0.25, -0.2) is 22.4 Å². The number of rotatable bonds is 9. The van der Waals surface area contributed by atoms with Crippen molar-refractivity contribution in [1.82, 2.24) is 9.97 Å². The highest BCUT2D eigenvalue weighted by Gasteiger charge is 2.15. The average molecular weight is 505 g/mol. The van der Waals surface area contributed by atoms with Crippen LogP contribution in [0.25, 0.3) is 11.1 Å². The molecule has 34 heavy (non-hydrogen) atoms. The number of benzene rings is 2. The van der Waals surface area contributed by atoms with Crippen LogP contribution in [0.3, 0.4) is 0 Å². The van der Waals surface area contributed by atoms with Gasteiger partial charge in [-0.05, 0) is 61.4 Å². The fraction of sp³-hybridized carbons (Fsp3) is 0.273. The summed E-state index contributed by atoms with van der Waals surface area (Å²) in [6.45, 7) is 3.58. The molecule has 3 rings (SSSR count). The van der Waals surface area contributed by atoms with Gasteiger partial charge in [0.05, 0.1) is 22.6 Å². The molecule has 0 aliphatic rings. The monoisotopic (exact) mass is 504 g/mol. The molecule has 0 radical (unpaired) electrons. The standard InChI is InChI=1S/C22H28N6O4S2/c1-14-5-6-17(28-34(4,31)32)11-19(14)20-12-24-22(27-21(20)25-15(2)13-29)26-16-7-9-18(10-8-16)33(3,23)30/h5-12,15,23,28-29H,13H2,1-4H3,(H2,24,25,26,27)/t15-,33?/m1/s1. The van der Waals surface area contributed by atoms with Crippen LogP contribution in [0.1, 0.15) is 12.5 Å². The number of aromatic nitrogens is 2. The number of nitrogens with zero attached hydrogens (tertiary/aromatic N) is 2. The number of aliphatic hydroxyl groups is 1. The highest BCUT2D eigenvalue weighted by Crippen LogP contribution is 2.32. The van der Waals surface area contributed by atoms with Crippen LogP contribution >= 0.6 is 0 Å². The molecule has 0 spiro atoms. The van der Waals surface area contributed by atoms with Gasteiger partial charge in [-0.2, -0.15) is 4.98 Å². The van der Waals surface area contributed by atoms with Crippen LogP contribution in [-0.4, -0.2) is 52.9 Å². The highest BCUT2D eigenvalue weighted by molar-refractivity contribution is 7.92. The summed E-state index contributed by atoms with van der Waals surface area (Å²) in [7, 11) is -6.25. The van der Waals surface area contributed by atoms with Crippen LogP contribution in [-0.2, 0) is 19.8 Å². The van der Waals surface area contributed by atoms with Gasteiger partial charge in [0.25, 0.3) is 0 Å². The van der Waals surface area contributed by atoms with Crippen molar-refractivity contribution in [3.8, 4) is 11.1 Å². The maximum absolute atomic E-state index is 11.9. The van der Waals surface area contributed by atoms with Gasteiger partial charge in [0.1, 0.15) is 5.82 Å². The van der Waals surface area contributed by atoms with E-state index in [1.54, 1.807) is 55.6 Å². The quantitative estimate of drug-likeness (QED) is 0.297. The number of nitrogens with one attached hydrogen (secondary N) is 4. The summed E-state index contributed by atoms with van der Waals surface area (Å²) in [6, 6.07) is 11.5. The van der Waals surface area contributed by atoms with Gasteiger partial charge in [-0.15, -0.1) is 0 Å². The van der Waals surface area contributed by atoms with E-state index in [4.69, 9.17) is 4.78 Å². The summed E-state index contributed by atoms with van der Waals surface area (Å²) < 4.78 is 45.4. The number of hydrogen-bond donors (Lipinski definition) is 5. The Bertz CT molecular complexity index is 1390. The zero-order chi connectivity index (χ0) is 25.1. The molecule has 182 valence electrons. The van der Waals surface area contributed by atoms with Crippen molar-refractivity contribution in [3.63, 3.8) is 0 Å². The SMILES string of the molecule is Cc1ccc(NS(C)(=O)=O)cc1-c1cnc(Nc2ccc(S(C)(=N)=O)cc2)nc1N[C@H](C)CO. The average Bonchev–Trinajstić information content (AvgIpc) is 2.74. The Hall–Kier alpha value is -3.22. The van der Waals surface area contributed by atoms with E-state index in [2.05, 4.69) is 25.3 Å². The molecule has 0 bridgehead atoms. The molecule has 2 atom stereocenters. The molecule has 0 amide bonds. The zero-order valence-corrected chi connectivity index (χ0v) is 20.9. The van der Waals surface area contributed by atoms with E-state index in [0.29, 0.717) is 27.7 Å². The summed E-state index contributed by atoms with van der Waals surface area (Å²) in [4.78, 5) is 9.40. The van der Waals surface area contributed by atoms with Crippen molar-refractivity contribution < 1.29 is 17.7 Å². The van der Waals surface area contributed by atoms with Crippen molar-refractivity contribution >= 4 is 42.9 Å². The first-order chi connectivity index (χ1) is 15.9. The van der Waals surface area contributed by atoms with Gasteiger partial charge >= 0.3 is 0 Å². The van der Waals surface area contributed by atoms with Crippen molar-refractivity contribution in [2.75, 3.05) is 34.5 Å². The van der Waals surface area contributed by atoms with E-state index in [0.717, 1.165) is 17.4 Å². The van der Waals surface area contributed by atoms with Crippen molar-refractivity contribution in [2.45, 2.75) is 24.8 Å². The molecule has 0 aliphatic heterocycles. The Morgan fingerprint density at radius 2 is 1.68 bits per heavy atom. The molecule has 0 fully saturated rings. The number of sulfonamides is 1. The smallest absolute Gasteiger partial charge is 0.229 e. The predicted octanol–water partition coefficient (Wildman–Crippen LogP) is 3.40. The lowest BCUT2D eigenvalue weighted by atomic mass is 10.0. The Morgan fingerprint density at radius 1 is 1.03 bits per heavy atom. The molecular formula is C22H28N6O4S2. The van der Waals surface area contributed by atoms with E-state index in [1.165, 1.54) is 6.26 Å². The summed E-state index contributed by atoms with van der Waals surface area (Å²) in [5.41, 5.74) is 3.31. The van der Waals surface area contributed by atoms with Crippen LogP contribution in [0, 0.1) is 11.7 Å². The third kappa shape index (κ3) is 6.65. The zero-order valence-electron chi connectivity index (χ0n) is 19.3. The first-order valence-corrected chi connectivity index (χ1v) is 14.2. The van der Waals surface area contributed by atoms with Crippen molar-refractivity contribution in [3.05, 3.63) is 54.2 Å². The van der Waals surface area contributed by atoms with Gasteiger partial charge in [0.15, 0.2) is 0 Å². The van der Waals surface area contributed by atoms with E-state index in [9.17, 15) is 17.7 Å². The molecule has 12 heteroatoms. The lowest BCUT2D eigenvalue weighted by molar-refractivity contribution is 0.281. The number of hydrogen-bond acceptors (Lipinski definition) is 9. The summed E-state index contributed by atoms with van der Waals surface area (Å²) in [5, 5.41) is 15.8. The first kappa shape index (κ1) is 25.4. The molecule has 2 aromatic carbocycles. The predicted molar refractivity (Wildman–Crippen MR) is 136 cm³/mol. The largest absolute Gasteiger partial charge is 0.394 e. The van der Waals surface area contributed by atoms with E-state index in [-0.39, 0.29) is 18.6 Å². The number of anilines is 4. The molecule has 5 N–H and O–H groups in total. The van der Waals surface area contributed by atoms with Gasteiger partial charge in [-0.1, -0.05) is 6.07 Å². The molecule has 0 aliphatic carbocycles. The van der Waals surface area contributed by atoms with Crippen molar-refractivity contribution in [2.24, 2.45) is 0 Å². The van der Waals surface area contributed by atoms with Gasteiger partial charge in [0.2, 0.25) is 16.0 Å². The third-order valence-corrected chi connectivity index (χ3v) is 6.62. The summed E-state index contributed by atoms with van der Waals surface area (Å²) >= 11 is 0. The molecule has 0 saturated heterocycles. The first-order valence-electron chi connectivity index (χ1n) is 10.3. The topological polar surface area (TPSA) is 157 Å². The van der Waals surface area contributed by atoms with Crippen LogP contribution in [0.2, 0.25) is 0 Å². The maximum Gasteiger partial charge on any atom is 0.229 e. The molecule has 10 nitrogen and oxygen atoms in total. The van der Waals surface area contributed by atoms with Crippen LogP contribution in [0.5, 0.6) is 0 Å². The van der Waals surface area contributed by atoms with Gasteiger partial charge in [0, 0.05) is 40.3 Å². The van der Waals surface area contributed by atoms with E-state index >= 15 is 0 Å². The van der Waals surface area contributed by atoms with Crippen LogP contribution < -0.4 is 15.4 Å². The molecule has 1 unspecified atom stereocenters. The van der Waals surface area contributed by atoms with Gasteiger partial charge < -0.3 is 15.7 Å². The second-order valence-corrected chi connectivity index (χ2v) is 12.0. The van der Waals surface area contributed by atoms with Gasteiger partial charge in [-0.3, -0.25) is 4.72 Å². The number of aryl methyl sites for hydroxylation is 1. The molecule has 1 aromatic heterocycles. The molecular weight excluding hydrogens is 476 g/mol. The fourth-order valence-corrected chi connectivity index (χ4v) is 4.36. The summed E-state index contributed by atoms with van der Waals surface area (Å²) in [6.07, 6.45) is 4.06. The highest BCUT2D eigenvalue weighted by atomic mass is 32.2. The minimum absolute atomic E-state index is 0.119. The lowest BCUT2D eigenvalue weighted by Gasteiger charge is -2.18. The third-order valence-electron chi connectivity index (χ3n) is 4.84. The molecule has 3 aromatic rings. The minimum Gasteiger partial charge on any atom is -0.394 e. The Morgan fingerprint density at radius 3 is 2.26 bits per heavy atom. The number of aliphatic hydroxyl groups excluding tert-OH is 1. The molecule has 1 heterocycles. The summed E-state index contributed by atoms with van der Waals surface area (Å²) in [5.74, 6) is 0.744. The van der Waals surface area contributed by atoms with E-state index < -0.39 is 19.8 Å². The lowest BCUT2D eigenvalue weighted by Crippen LogP contribution is -2.21. The van der Waals surface area contributed by atoms with E-state index in [1.807, 2.05) is 6.92 Å². The normalized spacial score (nSPS) is 14.1. The Labute approximate surface area is 199 Å². The Balaban J connectivity index is 2.00. The molecule has 0 saturated carbocycles. The minimum atomic E-state index is -3.45. The maximum atomic E-state index is 11.9. The second-order valence-electron chi connectivity index (χ2n) is 8.08. The van der Waals surface area contributed by atoms with Crippen molar-refractivity contribution in [1.29, 1.82) is 4.78 Å².